The Morgan fingerprint density at radius 2 is 1.45 bits per heavy atom. The fraction of sp³-hybridized carbons (Fsp3) is 0.429. The summed E-state index contributed by atoms with van der Waals surface area (Å²) in [5.74, 6) is 0. The molecule has 0 fully saturated rings. The van der Waals surface area contributed by atoms with Crippen LogP contribution in [0.5, 0.6) is 0 Å². The van der Waals surface area contributed by atoms with Crippen LogP contribution in [0.3, 0.4) is 0 Å². The fourth-order valence-corrected chi connectivity index (χ4v) is 3.06. The van der Waals surface area contributed by atoms with E-state index in [-0.39, 0.29) is 0 Å². The molecule has 0 spiro atoms. The van der Waals surface area contributed by atoms with Gasteiger partial charge in [0.15, 0.2) is 0 Å². The van der Waals surface area contributed by atoms with E-state index in [0.29, 0.717) is 12.1 Å². The lowest BCUT2D eigenvalue weighted by atomic mass is 10.0. The van der Waals surface area contributed by atoms with Crippen molar-refractivity contribution in [3.8, 4) is 0 Å². The number of benzene rings is 2. The first-order chi connectivity index (χ1) is 10.7. The average Bonchev–Trinajstić information content (AvgIpc) is 2.58. The zero-order chi connectivity index (χ0) is 15.8. The Morgan fingerprint density at radius 1 is 0.864 bits per heavy atom. The molecule has 0 aliphatic rings. The van der Waals surface area contributed by atoms with Gasteiger partial charge < -0.3 is 0 Å². The second kappa shape index (κ2) is 8.75. The van der Waals surface area contributed by atoms with E-state index < -0.39 is 0 Å². The van der Waals surface area contributed by atoms with Crippen molar-refractivity contribution in [2.24, 2.45) is 0 Å². The smallest absolute Gasteiger partial charge is 0.0326 e. The maximum absolute atomic E-state index is 2.64. The molecule has 0 heterocycles. The van der Waals surface area contributed by atoms with E-state index >= 15 is 0 Å². The lowest BCUT2D eigenvalue weighted by Gasteiger charge is -2.35. The molecule has 0 aromatic heterocycles. The average molecular weight is 295 g/mol. The maximum Gasteiger partial charge on any atom is 0.0326 e. The van der Waals surface area contributed by atoms with Gasteiger partial charge in [-0.2, -0.15) is 0 Å². The molecule has 2 aromatic rings. The van der Waals surface area contributed by atoms with Crippen molar-refractivity contribution in [1.82, 2.24) is 4.90 Å². The molecule has 22 heavy (non-hydrogen) atoms. The standard InChI is InChI=1S/C21H29N/c1-4-5-12-18(2)22(17-20-13-8-6-9-14-20)19(3)21-15-10-7-11-16-21/h6-11,13-16,18-19H,4-5,12,17H2,1-3H3/t18-,19?/m1/s1. The van der Waals surface area contributed by atoms with Crippen LogP contribution in [0.4, 0.5) is 0 Å². The van der Waals surface area contributed by atoms with Gasteiger partial charge in [-0.1, -0.05) is 80.4 Å². The van der Waals surface area contributed by atoms with E-state index in [2.05, 4.69) is 86.3 Å². The number of hydrogen-bond donors (Lipinski definition) is 0. The summed E-state index contributed by atoms with van der Waals surface area (Å²) in [7, 11) is 0. The SMILES string of the molecule is CCCC[C@@H](C)N(Cc1ccccc1)C(C)c1ccccc1. The summed E-state index contributed by atoms with van der Waals surface area (Å²) in [4.78, 5) is 2.64. The molecule has 0 N–H and O–H groups in total. The summed E-state index contributed by atoms with van der Waals surface area (Å²) >= 11 is 0. The lowest BCUT2D eigenvalue weighted by Crippen LogP contribution is -2.35. The third-order valence-electron chi connectivity index (χ3n) is 4.53. The van der Waals surface area contributed by atoms with Crippen LogP contribution in [0.2, 0.25) is 0 Å². The zero-order valence-electron chi connectivity index (χ0n) is 14.2. The fourth-order valence-electron chi connectivity index (χ4n) is 3.06. The molecule has 2 atom stereocenters. The van der Waals surface area contributed by atoms with Crippen molar-refractivity contribution < 1.29 is 0 Å². The summed E-state index contributed by atoms with van der Waals surface area (Å²) in [5, 5.41) is 0. The zero-order valence-corrected chi connectivity index (χ0v) is 14.2. The van der Waals surface area contributed by atoms with Gasteiger partial charge in [0.1, 0.15) is 0 Å². The van der Waals surface area contributed by atoms with Crippen molar-refractivity contribution in [3.63, 3.8) is 0 Å². The van der Waals surface area contributed by atoms with Gasteiger partial charge in [0.25, 0.3) is 0 Å². The molecule has 1 heteroatoms. The first-order valence-electron chi connectivity index (χ1n) is 8.57. The van der Waals surface area contributed by atoms with Gasteiger partial charge in [0.2, 0.25) is 0 Å². The predicted molar refractivity (Wildman–Crippen MR) is 95.8 cm³/mol. The van der Waals surface area contributed by atoms with Crippen LogP contribution >= 0.6 is 0 Å². The molecule has 118 valence electrons. The second-order valence-electron chi connectivity index (χ2n) is 6.24. The molecule has 2 rings (SSSR count). The molecule has 0 saturated carbocycles. The summed E-state index contributed by atoms with van der Waals surface area (Å²) in [5.41, 5.74) is 2.80. The Kier molecular flexibility index (Phi) is 6.67. The Balaban J connectivity index is 2.17. The third kappa shape index (κ3) is 4.71. The first kappa shape index (κ1) is 16.8. The van der Waals surface area contributed by atoms with Gasteiger partial charge in [-0.25, -0.2) is 0 Å². The molecule has 0 aliphatic heterocycles. The van der Waals surface area contributed by atoms with Crippen molar-refractivity contribution in [2.45, 2.75) is 58.7 Å². The number of nitrogens with zero attached hydrogens (tertiary/aromatic N) is 1. The molecule has 0 aliphatic carbocycles. The van der Waals surface area contributed by atoms with E-state index in [9.17, 15) is 0 Å². The second-order valence-corrected chi connectivity index (χ2v) is 6.24. The number of unbranched alkanes of at least 4 members (excludes halogenated alkanes) is 1. The summed E-state index contributed by atoms with van der Waals surface area (Å²) in [6, 6.07) is 22.7. The Bertz CT molecular complexity index is 520. The number of hydrogen-bond acceptors (Lipinski definition) is 1. The highest BCUT2D eigenvalue weighted by molar-refractivity contribution is 5.20. The molecule has 0 bridgehead atoms. The van der Waals surface area contributed by atoms with Crippen LogP contribution in [-0.2, 0) is 6.54 Å². The highest BCUT2D eigenvalue weighted by atomic mass is 15.2. The van der Waals surface area contributed by atoms with Crippen molar-refractivity contribution in [1.29, 1.82) is 0 Å². The van der Waals surface area contributed by atoms with Gasteiger partial charge >= 0.3 is 0 Å². The minimum atomic E-state index is 0.438. The molecular formula is C21H29N. The van der Waals surface area contributed by atoms with Crippen LogP contribution < -0.4 is 0 Å². The first-order valence-corrected chi connectivity index (χ1v) is 8.57. The van der Waals surface area contributed by atoms with Gasteiger partial charge in [-0.3, -0.25) is 4.90 Å². The van der Waals surface area contributed by atoms with E-state index in [4.69, 9.17) is 0 Å². The van der Waals surface area contributed by atoms with E-state index in [1.165, 1.54) is 30.4 Å². The largest absolute Gasteiger partial charge is 0.290 e. The Hall–Kier alpha value is -1.60. The van der Waals surface area contributed by atoms with Crippen LogP contribution in [0.15, 0.2) is 60.7 Å². The summed E-state index contributed by atoms with van der Waals surface area (Å²) < 4.78 is 0. The monoisotopic (exact) mass is 295 g/mol. The predicted octanol–water partition coefficient (Wildman–Crippen LogP) is 5.83. The third-order valence-corrected chi connectivity index (χ3v) is 4.53. The van der Waals surface area contributed by atoms with Crippen LogP contribution in [0.1, 0.15) is 57.2 Å². The summed E-state index contributed by atoms with van der Waals surface area (Å²) in [6.07, 6.45) is 3.83. The number of rotatable bonds is 8. The minimum Gasteiger partial charge on any atom is -0.290 e. The lowest BCUT2D eigenvalue weighted by molar-refractivity contribution is 0.135. The molecule has 1 nitrogen and oxygen atoms in total. The minimum absolute atomic E-state index is 0.438. The normalized spacial score (nSPS) is 14.0. The van der Waals surface area contributed by atoms with Crippen molar-refractivity contribution >= 4 is 0 Å². The van der Waals surface area contributed by atoms with Crippen LogP contribution in [0, 0.1) is 0 Å². The summed E-state index contributed by atoms with van der Waals surface area (Å²) in [6.45, 7) is 8.00. The molecule has 0 radical (unpaired) electrons. The Labute approximate surface area is 136 Å². The van der Waals surface area contributed by atoms with Gasteiger partial charge in [0, 0.05) is 18.6 Å². The maximum atomic E-state index is 2.64. The molecule has 0 saturated heterocycles. The molecular weight excluding hydrogens is 266 g/mol. The van der Waals surface area contributed by atoms with E-state index in [1.54, 1.807) is 0 Å². The van der Waals surface area contributed by atoms with E-state index in [1.807, 2.05) is 0 Å². The molecule has 0 amide bonds. The van der Waals surface area contributed by atoms with Crippen LogP contribution in [-0.4, -0.2) is 10.9 Å². The van der Waals surface area contributed by atoms with Crippen LogP contribution in [0.25, 0.3) is 0 Å². The highest BCUT2D eigenvalue weighted by Gasteiger charge is 2.21. The van der Waals surface area contributed by atoms with Crippen molar-refractivity contribution in [2.75, 3.05) is 0 Å². The van der Waals surface area contributed by atoms with Crippen molar-refractivity contribution in [3.05, 3.63) is 71.8 Å². The van der Waals surface area contributed by atoms with E-state index in [0.717, 1.165) is 6.54 Å². The highest BCUT2D eigenvalue weighted by Crippen LogP contribution is 2.26. The van der Waals surface area contributed by atoms with Gasteiger partial charge in [-0.05, 0) is 31.4 Å². The topological polar surface area (TPSA) is 3.24 Å². The quantitative estimate of drug-likeness (QED) is 0.592. The Morgan fingerprint density at radius 3 is 2.05 bits per heavy atom. The molecule has 1 unspecified atom stereocenters. The van der Waals surface area contributed by atoms with Gasteiger partial charge in [0.05, 0.1) is 0 Å². The molecule has 2 aromatic carbocycles. The van der Waals surface area contributed by atoms with Gasteiger partial charge in [-0.15, -0.1) is 0 Å².